The number of pyridine rings is 1. The third-order valence-electron chi connectivity index (χ3n) is 7.77. The smallest absolute Gasteiger partial charge is 0.307 e. The molecule has 0 radical (unpaired) electrons. The molecule has 7 rings (SSSR count). The lowest BCUT2D eigenvalue weighted by Crippen LogP contribution is -2.26. The van der Waals surface area contributed by atoms with E-state index in [2.05, 4.69) is 15.0 Å². The number of carboxylic acid groups (broad SMARTS) is 1. The summed E-state index contributed by atoms with van der Waals surface area (Å²) in [6.07, 6.45) is 1.72. The van der Waals surface area contributed by atoms with Crippen molar-refractivity contribution in [2.24, 2.45) is 24.8 Å². The molecule has 10 heteroatoms. The highest BCUT2D eigenvalue weighted by molar-refractivity contribution is 6.03. The van der Waals surface area contributed by atoms with Crippen LogP contribution in [0, 0.1) is 36.4 Å². The molecule has 4 heterocycles. The van der Waals surface area contributed by atoms with Crippen LogP contribution in [-0.2, 0) is 11.8 Å². The van der Waals surface area contributed by atoms with E-state index in [4.69, 9.17) is 5.10 Å². The Morgan fingerprint density at radius 3 is 2.57 bits per heavy atom. The Morgan fingerprint density at radius 1 is 1.08 bits per heavy atom. The molecule has 0 spiro atoms. The fourth-order valence-corrected chi connectivity index (χ4v) is 5.93. The summed E-state index contributed by atoms with van der Waals surface area (Å²) in [5, 5.41) is 19.2. The summed E-state index contributed by atoms with van der Waals surface area (Å²) in [4.78, 5) is 18.0. The molecule has 1 aliphatic carbocycles. The normalized spacial score (nSPS) is 20.6. The number of fused-ring (bicyclic) bond motifs is 3. The number of carboxylic acids is 1. The van der Waals surface area contributed by atoms with E-state index in [1.54, 1.807) is 10.9 Å². The number of piperidine rings is 1. The number of nitrogens with zero attached hydrogens (tertiary/aromatic N) is 6. The van der Waals surface area contributed by atoms with Crippen LogP contribution < -0.4 is 4.90 Å². The minimum absolute atomic E-state index is 0.190. The van der Waals surface area contributed by atoms with Gasteiger partial charge in [0.05, 0.1) is 34.2 Å². The molecule has 0 amide bonds. The lowest BCUT2D eigenvalue weighted by atomic mass is 10.0. The number of hydrogen-bond donors (Lipinski definition) is 1. The Bertz CT molecular complexity index is 1730. The van der Waals surface area contributed by atoms with Crippen molar-refractivity contribution < 1.29 is 18.7 Å². The second kappa shape index (κ2) is 7.58. The maximum absolute atomic E-state index is 15.0. The average molecular weight is 501 g/mol. The van der Waals surface area contributed by atoms with Crippen molar-refractivity contribution in [3.05, 3.63) is 66.0 Å². The molecule has 1 saturated carbocycles. The maximum Gasteiger partial charge on any atom is 0.307 e. The van der Waals surface area contributed by atoms with Crippen LogP contribution in [-0.4, -0.2) is 48.7 Å². The molecule has 1 unspecified atom stereocenters. The first-order valence-electron chi connectivity index (χ1n) is 12.1. The monoisotopic (exact) mass is 500 g/mol. The van der Waals surface area contributed by atoms with Crippen LogP contribution in [0.3, 0.4) is 0 Å². The summed E-state index contributed by atoms with van der Waals surface area (Å²) in [5.41, 5.74) is 3.51. The van der Waals surface area contributed by atoms with Crippen molar-refractivity contribution in [1.82, 2.24) is 24.5 Å². The average Bonchev–Trinajstić information content (AvgIpc) is 3.14. The summed E-state index contributed by atoms with van der Waals surface area (Å²) in [6, 6.07) is 12.1. The molecule has 1 saturated heterocycles. The molecule has 1 N–H and O–H groups in total. The molecule has 2 aliphatic rings. The van der Waals surface area contributed by atoms with Crippen molar-refractivity contribution in [3.63, 3.8) is 0 Å². The summed E-state index contributed by atoms with van der Waals surface area (Å²) >= 11 is 0. The van der Waals surface area contributed by atoms with Gasteiger partial charge in [0.25, 0.3) is 0 Å². The van der Waals surface area contributed by atoms with Gasteiger partial charge in [-0.2, -0.15) is 14.6 Å². The van der Waals surface area contributed by atoms with Gasteiger partial charge in [-0.1, -0.05) is 18.2 Å². The fourth-order valence-electron chi connectivity index (χ4n) is 5.93. The predicted octanol–water partition coefficient (Wildman–Crippen LogP) is 4.33. The zero-order valence-corrected chi connectivity index (χ0v) is 20.1. The first-order chi connectivity index (χ1) is 17.8. The van der Waals surface area contributed by atoms with Gasteiger partial charge in [0.1, 0.15) is 17.3 Å². The minimum Gasteiger partial charge on any atom is -0.481 e. The molecule has 186 valence electrons. The Hall–Kier alpha value is -4.34. The highest BCUT2D eigenvalue weighted by Crippen LogP contribution is 2.52. The van der Waals surface area contributed by atoms with Gasteiger partial charge in [0.2, 0.25) is 5.95 Å². The van der Waals surface area contributed by atoms with Crippen molar-refractivity contribution in [2.75, 3.05) is 18.0 Å². The van der Waals surface area contributed by atoms with E-state index >= 15 is 4.39 Å². The number of para-hydroxylation sites is 1. The lowest BCUT2D eigenvalue weighted by molar-refractivity contribution is -0.139. The number of aliphatic carboxylic acids is 1. The molecular formula is C27H22F2N6O2. The number of carbonyl (C=O) groups is 1. The molecule has 8 nitrogen and oxygen atoms in total. The lowest BCUT2D eigenvalue weighted by Gasteiger charge is -2.20. The molecule has 37 heavy (non-hydrogen) atoms. The molecule has 2 fully saturated rings. The van der Waals surface area contributed by atoms with Crippen LogP contribution in [0.25, 0.3) is 38.8 Å². The first kappa shape index (κ1) is 21.9. The van der Waals surface area contributed by atoms with E-state index < -0.39 is 17.7 Å². The van der Waals surface area contributed by atoms with Gasteiger partial charge in [0.15, 0.2) is 0 Å². The third kappa shape index (κ3) is 3.18. The zero-order chi connectivity index (χ0) is 25.6. The summed E-state index contributed by atoms with van der Waals surface area (Å²) < 4.78 is 32.5. The quantitative estimate of drug-likeness (QED) is 0.395. The van der Waals surface area contributed by atoms with Crippen LogP contribution in [0.2, 0.25) is 0 Å². The largest absolute Gasteiger partial charge is 0.481 e. The molecule has 0 bridgehead atoms. The zero-order valence-electron chi connectivity index (χ0n) is 20.1. The SMILES string of the molecule is Cc1cccc2c(-c3cc(F)cc4nn(C)c(F)c34)nn(-c3ccc(N4C[C@@H]5C(C(=O)O)[C@@H]5C4)nc3)c12. The first-order valence-corrected chi connectivity index (χ1v) is 12.1. The number of anilines is 1. The predicted molar refractivity (Wildman–Crippen MR) is 134 cm³/mol. The van der Waals surface area contributed by atoms with Gasteiger partial charge < -0.3 is 10.0 Å². The van der Waals surface area contributed by atoms with Gasteiger partial charge in [0, 0.05) is 37.2 Å². The van der Waals surface area contributed by atoms with Crippen LogP contribution in [0.4, 0.5) is 14.6 Å². The fraction of sp³-hybridized carbons (Fsp3) is 0.259. The van der Waals surface area contributed by atoms with Crippen LogP contribution >= 0.6 is 0 Å². The second-order valence-electron chi connectivity index (χ2n) is 9.96. The number of aromatic nitrogens is 5. The van der Waals surface area contributed by atoms with Gasteiger partial charge >= 0.3 is 5.97 Å². The number of halogens is 2. The highest BCUT2D eigenvalue weighted by atomic mass is 19.1. The van der Waals surface area contributed by atoms with Gasteiger partial charge in [-0.3, -0.25) is 4.79 Å². The standard InChI is InChI=1S/C27H22F2N6O2/c1-13-4-3-5-16-24(17-8-14(28)9-20-23(17)26(29)33(2)31-20)32-35(25(13)16)15-6-7-21(30-10-15)34-11-18-19(12-34)22(18)27(36)37/h3-10,18-19,22H,11-12H2,1-2H3,(H,36,37)/t18-,19+,22?. The molecule has 3 aromatic heterocycles. The van der Waals surface area contributed by atoms with Crippen molar-refractivity contribution in [2.45, 2.75) is 6.92 Å². The Labute approximate surface area is 209 Å². The van der Waals surface area contributed by atoms with Crippen molar-refractivity contribution in [3.8, 4) is 16.9 Å². The third-order valence-corrected chi connectivity index (χ3v) is 7.77. The van der Waals surface area contributed by atoms with Crippen molar-refractivity contribution >= 4 is 33.6 Å². The topological polar surface area (TPSA) is 89.1 Å². The van der Waals surface area contributed by atoms with Gasteiger partial charge in [-0.25, -0.2) is 18.7 Å². The molecular weight excluding hydrogens is 478 g/mol. The van der Waals surface area contributed by atoms with E-state index in [1.807, 2.05) is 37.3 Å². The van der Waals surface area contributed by atoms with E-state index in [0.29, 0.717) is 30.0 Å². The van der Waals surface area contributed by atoms with E-state index in [-0.39, 0.29) is 28.7 Å². The minimum atomic E-state index is -0.712. The molecule has 3 atom stereocenters. The van der Waals surface area contributed by atoms with Gasteiger partial charge in [-0.15, -0.1) is 0 Å². The maximum atomic E-state index is 15.0. The Balaban J connectivity index is 1.32. The van der Waals surface area contributed by atoms with E-state index in [9.17, 15) is 14.3 Å². The Kier molecular flexibility index (Phi) is 4.49. The number of benzene rings is 2. The number of aryl methyl sites for hydroxylation is 2. The number of rotatable bonds is 4. The highest BCUT2D eigenvalue weighted by Gasteiger charge is 2.60. The van der Waals surface area contributed by atoms with Gasteiger partial charge in [-0.05, 0) is 42.5 Å². The molecule has 5 aromatic rings. The summed E-state index contributed by atoms with van der Waals surface area (Å²) in [6.45, 7) is 3.34. The van der Waals surface area contributed by atoms with E-state index in [1.165, 1.54) is 19.2 Å². The molecule has 2 aromatic carbocycles. The van der Waals surface area contributed by atoms with Crippen LogP contribution in [0.1, 0.15) is 5.56 Å². The summed E-state index contributed by atoms with van der Waals surface area (Å²) in [7, 11) is 1.48. The number of hydrogen-bond acceptors (Lipinski definition) is 5. The van der Waals surface area contributed by atoms with Crippen molar-refractivity contribution in [1.29, 1.82) is 0 Å². The van der Waals surface area contributed by atoms with E-state index in [0.717, 1.165) is 27.0 Å². The molecule has 1 aliphatic heterocycles. The summed E-state index contributed by atoms with van der Waals surface area (Å²) in [5.74, 6) is -0.845. The van der Waals surface area contributed by atoms with Crippen LogP contribution in [0.5, 0.6) is 0 Å². The van der Waals surface area contributed by atoms with Crippen LogP contribution in [0.15, 0.2) is 48.7 Å². The second-order valence-corrected chi connectivity index (χ2v) is 9.96. The Morgan fingerprint density at radius 2 is 1.86 bits per heavy atom.